The van der Waals surface area contributed by atoms with E-state index in [1.54, 1.807) is 12.3 Å². The molecule has 1 aromatic heterocycles. The number of anilines is 1. The lowest BCUT2D eigenvalue weighted by Gasteiger charge is -2.32. The molecule has 1 aromatic rings. The molecular formula is C10H14N4O2. The first kappa shape index (κ1) is 10.7. The number of piperidine rings is 1. The van der Waals surface area contributed by atoms with Gasteiger partial charge in [-0.2, -0.15) is 0 Å². The fraction of sp³-hybridized carbons (Fsp3) is 0.500. The largest absolute Gasteiger partial charge is 0.465 e. The number of nitrogens with two attached hydrogens (primary N) is 1. The lowest BCUT2D eigenvalue weighted by molar-refractivity contribution is 0.105. The minimum absolute atomic E-state index is 0.184. The summed E-state index contributed by atoms with van der Waals surface area (Å²) >= 11 is 0. The van der Waals surface area contributed by atoms with Crippen molar-refractivity contribution in [2.24, 2.45) is 0 Å². The predicted octanol–water partition coefficient (Wildman–Crippen LogP) is 1.26. The van der Waals surface area contributed by atoms with Gasteiger partial charge in [0.15, 0.2) is 0 Å². The smallest absolute Gasteiger partial charge is 0.407 e. The highest BCUT2D eigenvalue weighted by Crippen LogP contribution is 2.29. The maximum Gasteiger partial charge on any atom is 0.407 e. The molecular weight excluding hydrogens is 208 g/mol. The van der Waals surface area contributed by atoms with Gasteiger partial charge in [0.2, 0.25) is 5.95 Å². The molecule has 1 fully saturated rings. The van der Waals surface area contributed by atoms with Crippen molar-refractivity contribution in [3.8, 4) is 0 Å². The van der Waals surface area contributed by atoms with Gasteiger partial charge in [-0.1, -0.05) is 0 Å². The van der Waals surface area contributed by atoms with Crippen LogP contribution in [0.5, 0.6) is 0 Å². The summed E-state index contributed by atoms with van der Waals surface area (Å²) in [7, 11) is 0. The summed E-state index contributed by atoms with van der Waals surface area (Å²) in [5, 5.41) is 9.09. The van der Waals surface area contributed by atoms with E-state index in [2.05, 4.69) is 9.97 Å². The zero-order valence-electron chi connectivity index (χ0n) is 8.83. The Morgan fingerprint density at radius 3 is 3.06 bits per heavy atom. The predicted molar refractivity (Wildman–Crippen MR) is 57.8 cm³/mol. The van der Waals surface area contributed by atoms with E-state index < -0.39 is 6.09 Å². The number of carboxylic acid groups (broad SMARTS) is 1. The van der Waals surface area contributed by atoms with Crippen molar-refractivity contribution in [3.63, 3.8) is 0 Å². The monoisotopic (exact) mass is 222 g/mol. The number of amides is 1. The Morgan fingerprint density at radius 2 is 2.38 bits per heavy atom. The Balaban J connectivity index is 2.26. The van der Waals surface area contributed by atoms with Crippen LogP contribution in [-0.4, -0.2) is 32.6 Å². The van der Waals surface area contributed by atoms with Crippen molar-refractivity contribution in [2.45, 2.75) is 25.3 Å². The number of hydrogen-bond acceptors (Lipinski definition) is 4. The SMILES string of the molecule is Nc1nccc(C2CCCCN2C(=O)O)n1. The van der Waals surface area contributed by atoms with Gasteiger partial charge in [0.25, 0.3) is 0 Å². The molecule has 0 aliphatic carbocycles. The van der Waals surface area contributed by atoms with Gasteiger partial charge < -0.3 is 10.8 Å². The first-order valence-electron chi connectivity index (χ1n) is 5.26. The van der Waals surface area contributed by atoms with Crippen molar-refractivity contribution < 1.29 is 9.90 Å². The molecule has 2 rings (SSSR count). The molecule has 86 valence electrons. The number of rotatable bonds is 1. The molecule has 1 amide bonds. The molecule has 6 nitrogen and oxygen atoms in total. The molecule has 16 heavy (non-hydrogen) atoms. The highest BCUT2D eigenvalue weighted by atomic mass is 16.4. The Hall–Kier alpha value is -1.85. The van der Waals surface area contributed by atoms with Gasteiger partial charge in [0, 0.05) is 12.7 Å². The molecule has 1 saturated heterocycles. The molecule has 1 aliphatic heterocycles. The van der Waals surface area contributed by atoms with Gasteiger partial charge in [-0.25, -0.2) is 14.8 Å². The van der Waals surface area contributed by atoms with Crippen molar-refractivity contribution in [1.29, 1.82) is 0 Å². The molecule has 0 bridgehead atoms. The third kappa shape index (κ3) is 2.05. The van der Waals surface area contributed by atoms with Crippen LogP contribution in [0.3, 0.4) is 0 Å². The van der Waals surface area contributed by atoms with Crippen LogP contribution in [0.15, 0.2) is 12.3 Å². The Bertz CT molecular complexity index is 396. The quantitative estimate of drug-likeness (QED) is 0.746. The summed E-state index contributed by atoms with van der Waals surface area (Å²) in [4.78, 5) is 20.4. The van der Waals surface area contributed by atoms with Gasteiger partial charge in [-0.3, -0.25) is 4.90 Å². The number of aromatic nitrogens is 2. The fourth-order valence-electron chi connectivity index (χ4n) is 2.04. The van der Waals surface area contributed by atoms with Crippen LogP contribution >= 0.6 is 0 Å². The number of nitrogens with zero attached hydrogens (tertiary/aromatic N) is 3. The second-order valence-electron chi connectivity index (χ2n) is 3.83. The zero-order chi connectivity index (χ0) is 11.5. The van der Waals surface area contributed by atoms with Crippen LogP contribution in [0.25, 0.3) is 0 Å². The van der Waals surface area contributed by atoms with Crippen LogP contribution in [0.2, 0.25) is 0 Å². The third-order valence-corrected chi connectivity index (χ3v) is 2.79. The van der Waals surface area contributed by atoms with Crippen LogP contribution in [0, 0.1) is 0 Å². The topological polar surface area (TPSA) is 92.3 Å². The molecule has 1 aliphatic rings. The number of likely N-dealkylation sites (tertiary alicyclic amines) is 1. The summed E-state index contributed by atoms with van der Waals surface area (Å²) < 4.78 is 0. The summed E-state index contributed by atoms with van der Waals surface area (Å²) in [6.45, 7) is 0.559. The maximum atomic E-state index is 11.1. The highest BCUT2D eigenvalue weighted by molar-refractivity contribution is 5.65. The van der Waals surface area contributed by atoms with Gasteiger partial charge in [-0.05, 0) is 25.3 Å². The van der Waals surface area contributed by atoms with Crippen molar-refractivity contribution in [3.05, 3.63) is 18.0 Å². The third-order valence-electron chi connectivity index (χ3n) is 2.79. The molecule has 2 heterocycles. The second kappa shape index (κ2) is 4.34. The lowest BCUT2D eigenvalue weighted by Crippen LogP contribution is -2.37. The molecule has 1 unspecified atom stereocenters. The zero-order valence-corrected chi connectivity index (χ0v) is 8.83. The second-order valence-corrected chi connectivity index (χ2v) is 3.83. The molecule has 0 spiro atoms. The van der Waals surface area contributed by atoms with E-state index in [1.807, 2.05) is 0 Å². The van der Waals surface area contributed by atoms with Crippen LogP contribution in [-0.2, 0) is 0 Å². The van der Waals surface area contributed by atoms with E-state index >= 15 is 0 Å². The molecule has 1 atom stereocenters. The van der Waals surface area contributed by atoms with Crippen LogP contribution in [0.4, 0.5) is 10.7 Å². The molecule has 0 saturated carbocycles. The number of nitrogen functional groups attached to an aromatic ring is 1. The minimum atomic E-state index is -0.901. The number of hydrogen-bond donors (Lipinski definition) is 2. The first-order chi connectivity index (χ1) is 7.68. The Morgan fingerprint density at radius 1 is 1.56 bits per heavy atom. The van der Waals surface area contributed by atoms with Crippen LogP contribution in [0.1, 0.15) is 31.0 Å². The van der Waals surface area contributed by atoms with E-state index in [1.165, 1.54) is 4.90 Å². The van der Waals surface area contributed by atoms with E-state index in [9.17, 15) is 4.79 Å². The Labute approximate surface area is 93.1 Å². The van der Waals surface area contributed by atoms with Gasteiger partial charge >= 0.3 is 6.09 Å². The van der Waals surface area contributed by atoms with E-state index in [0.717, 1.165) is 19.3 Å². The van der Waals surface area contributed by atoms with Gasteiger partial charge in [0.05, 0.1) is 11.7 Å². The summed E-state index contributed by atoms with van der Waals surface area (Å²) in [5.74, 6) is 0.188. The van der Waals surface area contributed by atoms with Gasteiger partial charge in [-0.15, -0.1) is 0 Å². The van der Waals surface area contributed by atoms with Crippen molar-refractivity contribution in [2.75, 3.05) is 12.3 Å². The molecule has 0 aromatic carbocycles. The standard InChI is InChI=1S/C10H14N4O2/c11-9-12-5-4-7(13-9)8-3-1-2-6-14(8)10(15)16/h4-5,8H,1-3,6H2,(H,15,16)(H2,11,12,13). The lowest BCUT2D eigenvalue weighted by atomic mass is 10.00. The molecule has 6 heteroatoms. The highest BCUT2D eigenvalue weighted by Gasteiger charge is 2.28. The normalized spacial score (nSPS) is 20.8. The van der Waals surface area contributed by atoms with Gasteiger partial charge in [0.1, 0.15) is 0 Å². The summed E-state index contributed by atoms with van der Waals surface area (Å²) in [5.41, 5.74) is 6.19. The van der Waals surface area contributed by atoms with E-state index in [4.69, 9.17) is 10.8 Å². The summed E-state index contributed by atoms with van der Waals surface area (Å²) in [6.07, 6.45) is 3.37. The Kier molecular flexibility index (Phi) is 2.89. The first-order valence-corrected chi connectivity index (χ1v) is 5.26. The number of carbonyl (C=O) groups is 1. The fourth-order valence-corrected chi connectivity index (χ4v) is 2.04. The maximum absolute atomic E-state index is 11.1. The average Bonchev–Trinajstić information content (AvgIpc) is 2.29. The van der Waals surface area contributed by atoms with Crippen LogP contribution < -0.4 is 5.73 Å². The van der Waals surface area contributed by atoms with Crippen molar-refractivity contribution in [1.82, 2.24) is 14.9 Å². The molecule has 3 N–H and O–H groups in total. The van der Waals surface area contributed by atoms with E-state index in [-0.39, 0.29) is 12.0 Å². The minimum Gasteiger partial charge on any atom is -0.465 e. The van der Waals surface area contributed by atoms with E-state index in [0.29, 0.717) is 12.2 Å². The average molecular weight is 222 g/mol. The molecule has 0 radical (unpaired) electrons. The van der Waals surface area contributed by atoms with Crippen molar-refractivity contribution >= 4 is 12.0 Å². The summed E-state index contributed by atoms with van der Waals surface area (Å²) in [6, 6.07) is 1.54.